The molecule has 3 heterocycles. The van der Waals surface area contributed by atoms with Gasteiger partial charge in [-0.1, -0.05) is 12.1 Å². The molecule has 9 heteroatoms. The zero-order chi connectivity index (χ0) is 21.5. The van der Waals surface area contributed by atoms with Gasteiger partial charge in [-0.2, -0.15) is 4.37 Å². The van der Waals surface area contributed by atoms with Crippen LogP contribution >= 0.6 is 11.5 Å². The molecule has 2 fully saturated rings. The quantitative estimate of drug-likeness (QED) is 0.664. The summed E-state index contributed by atoms with van der Waals surface area (Å²) in [5.41, 5.74) is 1.14. The van der Waals surface area contributed by atoms with Crippen molar-refractivity contribution in [1.82, 2.24) is 19.6 Å². The Bertz CT molecular complexity index is 847. The van der Waals surface area contributed by atoms with Crippen molar-refractivity contribution in [2.24, 2.45) is 5.92 Å². The fraction of sp³-hybridized carbons (Fsp3) is 0.591. The first kappa shape index (κ1) is 22.0. The molecule has 31 heavy (non-hydrogen) atoms. The minimum atomic E-state index is 0.0881. The summed E-state index contributed by atoms with van der Waals surface area (Å²) < 4.78 is 15.2. The SMILES string of the molecule is COc1cccc(Cc2nsc(N3CCC(C(=O)NCCN4CCOCC4)CC3)n2)c1. The van der Waals surface area contributed by atoms with E-state index in [9.17, 15) is 4.79 Å². The summed E-state index contributed by atoms with van der Waals surface area (Å²) in [7, 11) is 1.67. The van der Waals surface area contributed by atoms with Crippen LogP contribution in [0.2, 0.25) is 0 Å². The second kappa shape index (κ2) is 10.9. The van der Waals surface area contributed by atoms with E-state index in [4.69, 9.17) is 14.5 Å². The summed E-state index contributed by atoms with van der Waals surface area (Å²) in [6, 6.07) is 8.00. The average Bonchev–Trinajstić information content (AvgIpc) is 3.28. The molecule has 8 nitrogen and oxygen atoms in total. The maximum atomic E-state index is 12.5. The van der Waals surface area contributed by atoms with E-state index in [1.54, 1.807) is 7.11 Å². The van der Waals surface area contributed by atoms with Crippen molar-refractivity contribution < 1.29 is 14.3 Å². The van der Waals surface area contributed by atoms with E-state index in [2.05, 4.69) is 25.6 Å². The molecule has 2 aromatic rings. The molecule has 0 spiro atoms. The monoisotopic (exact) mass is 445 g/mol. The average molecular weight is 446 g/mol. The third-order valence-electron chi connectivity index (χ3n) is 5.92. The number of nitrogens with zero attached hydrogens (tertiary/aromatic N) is 4. The minimum Gasteiger partial charge on any atom is -0.497 e. The van der Waals surface area contributed by atoms with Crippen molar-refractivity contribution in [1.29, 1.82) is 0 Å². The second-order valence-corrected chi connectivity index (χ2v) is 8.76. The lowest BCUT2D eigenvalue weighted by atomic mass is 9.96. The number of hydrogen-bond acceptors (Lipinski definition) is 8. The number of benzene rings is 1. The van der Waals surface area contributed by atoms with E-state index in [0.29, 0.717) is 13.0 Å². The van der Waals surface area contributed by atoms with Gasteiger partial charge in [-0.3, -0.25) is 9.69 Å². The molecule has 168 valence electrons. The molecule has 0 atom stereocenters. The standard InChI is InChI=1S/C22H31N5O3S/c1-29-19-4-2-3-17(15-19)16-20-24-22(31-25-20)27-8-5-18(6-9-27)21(28)23-7-10-26-11-13-30-14-12-26/h2-4,15,18H,5-14,16H2,1H3,(H,23,28). The van der Waals surface area contributed by atoms with Crippen LogP contribution in [0.1, 0.15) is 24.2 Å². The van der Waals surface area contributed by atoms with Crippen LogP contribution in [0, 0.1) is 5.92 Å². The number of morpholine rings is 1. The molecule has 4 rings (SSSR count). The van der Waals surface area contributed by atoms with E-state index in [1.165, 1.54) is 11.5 Å². The van der Waals surface area contributed by atoms with Gasteiger partial charge in [-0.15, -0.1) is 0 Å². The number of nitrogens with one attached hydrogen (secondary N) is 1. The summed E-state index contributed by atoms with van der Waals surface area (Å²) in [5, 5.41) is 4.07. The number of amides is 1. The maximum Gasteiger partial charge on any atom is 0.223 e. The van der Waals surface area contributed by atoms with E-state index in [-0.39, 0.29) is 11.8 Å². The lowest BCUT2D eigenvalue weighted by molar-refractivity contribution is -0.125. The maximum absolute atomic E-state index is 12.5. The Morgan fingerprint density at radius 2 is 2.06 bits per heavy atom. The van der Waals surface area contributed by atoms with Gasteiger partial charge in [0.2, 0.25) is 11.0 Å². The number of ether oxygens (including phenoxy) is 2. The van der Waals surface area contributed by atoms with Gasteiger partial charge in [0, 0.05) is 63.1 Å². The highest BCUT2D eigenvalue weighted by atomic mass is 32.1. The molecule has 0 aliphatic carbocycles. The smallest absolute Gasteiger partial charge is 0.223 e. The van der Waals surface area contributed by atoms with Gasteiger partial charge in [0.05, 0.1) is 20.3 Å². The Balaban J connectivity index is 1.21. The highest BCUT2D eigenvalue weighted by molar-refractivity contribution is 7.09. The highest BCUT2D eigenvalue weighted by Gasteiger charge is 2.26. The van der Waals surface area contributed by atoms with E-state index >= 15 is 0 Å². The number of methoxy groups -OCH3 is 1. The van der Waals surface area contributed by atoms with Crippen LogP contribution in [0.5, 0.6) is 5.75 Å². The van der Waals surface area contributed by atoms with Crippen LogP contribution in [-0.2, 0) is 16.0 Å². The van der Waals surface area contributed by atoms with E-state index in [1.807, 2.05) is 18.2 Å². The van der Waals surface area contributed by atoms with Crippen LogP contribution in [0.15, 0.2) is 24.3 Å². The molecule has 1 N–H and O–H groups in total. The lowest BCUT2D eigenvalue weighted by Gasteiger charge is -2.31. The zero-order valence-corrected chi connectivity index (χ0v) is 18.9. The van der Waals surface area contributed by atoms with E-state index in [0.717, 1.165) is 81.0 Å². The van der Waals surface area contributed by atoms with Crippen LogP contribution < -0.4 is 15.0 Å². The Morgan fingerprint density at radius 3 is 2.84 bits per heavy atom. The summed E-state index contributed by atoms with van der Waals surface area (Å²) in [5.74, 6) is 1.95. The molecule has 1 aromatic carbocycles. The largest absolute Gasteiger partial charge is 0.497 e. The molecule has 0 radical (unpaired) electrons. The number of piperidine rings is 1. The minimum absolute atomic E-state index is 0.0881. The zero-order valence-electron chi connectivity index (χ0n) is 18.1. The number of anilines is 1. The molecule has 2 aliphatic rings. The molecule has 1 amide bonds. The molecular formula is C22H31N5O3S. The molecule has 0 saturated carbocycles. The molecular weight excluding hydrogens is 414 g/mol. The van der Waals surface area contributed by atoms with Gasteiger partial charge < -0.3 is 19.7 Å². The summed E-state index contributed by atoms with van der Waals surface area (Å²) >= 11 is 1.44. The molecule has 1 aromatic heterocycles. The predicted molar refractivity (Wildman–Crippen MR) is 121 cm³/mol. The molecule has 2 aliphatic heterocycles. The Morgan fingerprint density at radius 1 is 1.26 bits per heavy atom. The third-order valence-corrected chi connectivity index (χ3v) is 6.74. The number of aromatic nitrogens is 2. The van der Waals surface area contributed by atoms with Crippen molar-refractivity contribution in [3.8, 4) is 5.75 Å². The first-order chi connectivity index (χ1) is 15.2. The third kappa shape index (κ3) is 6.15. The molecule has 0 unspecified atom stereocenters. The van der Waals surface area contributed by atoms with Crippen LogP contribution in [0.3, 0.4) is 0 Å². The van der Waals surface area contributed by atoms with Crippen molar-refractivity contribution in [2.45, 2.75) is 19.3 Å². The van der Waals surface area contributed by atoms with Crippen molar-refractivity contribution in [2.75, 3.05) is 64.5 Å². The van der Waals surface area contributed by atoms with Gasteiger partial charge in [0.25, 0.3) is 0 Å². The summed E-state index contributed by atoms with van der Waals surface area (Å²) in [6.07, 6.45) is 2.40. The molecule has 2 saturated heterocycles. The van der Waals surface area contributed by atoms with Gasteiger partial charge >= 0.3 is 0 Å². The van der Waals surface area contributed by atoms with Crippen molar-refractivity contribution in [3.63, 3.8) is 0 Å². The second-order valence-electron chi connectivity index (χ2n) is 8.03. The van der Waals surface area contributed by atoms with Crippen molar-refractivity contribution >= 4 is 22.6 Å². The van der Waals surface area contributed by atoms with Gasteiger partial charge in [-0.25, -0.2) is 4.98 Å². The van der Waals surface area contributed by atoms with Crippen LogP contribution in [0.4, 0.5) is 5.13 Å². The van der Waals surface area contributed by atoms with Crippen LogP contribution in [-0.4, -0.2) is 79.8 Å². The number of hydrogen-bond donors (Lipinski definition) is 1. The lowest BCUT2D eigenvalue weighted by Crippen LogP contribution is -2.44. The Kier molecular flexibility index (Phi) is 7.71. The Labute approximate surface area is 187 Å². The topological polar surface area (TPSA) is 79.8 Å². The first-order valence-corrected chi connectivity index (χ1v) is 11.8. The number of rotatable bonds is 8. The fourth-order valence-corrected chi connectivity index (χ4v) is 4.79. The predicted octanol–water partition coefficient (Wildman–Crippen LogP) is 1.80. The van der Waals surface area contributed by atoms with Gasteiger partial charge in [0.1, 0.15) is 11.6 Å². The highest BCUT2D eigenvalue weighted by Crippen LogP contribution is 2.26. The number of carbonyl (C=O) groups is 1. The van der Waals surface area contributed by atoms with Gasteiger partial charge in [-0.05, 0) is 30.5 Å². The van der Waals surface area contributed by atoms with Gasteiger partial charge in [0.15, 0.2) is 0 Å². The fourth-order valence-electron chi connectivity index (χ4n) is 4.05. The normalized spacial score (nSPS) is 18.2. The number of carbonyl (C=O) groups excluding carboxylic acids is 1. The van der Waals surface area contributed by atoms with Crippen LogP contribution in [0.25, 0.3) is 0 Å². The summed E-state index contributed by atoms with van der Waals surface area (Å²) in [6.45, 7) is 6.78. The first-order valence-electron chi connectivity index (χ1n) is 11.0. The van der Waals surface area contributed by atoms with E-state index < -0.39 is 0 Å². The Hall–Kier alpha value is -2.23. The molecule has 0 bridgehead atoms. The van der Waals surface area contributed by atoms with Crippen molar-refractivity contribution in [3.05, 3.63) is 35.7 Å². The summed E-state index contributed by atoms with van der Waals surface area (Å²) in [4.78, 5) is 21.9.